The fourth-order valence-corrected chi connectivity index (χ4v) is 2.97. The molecular formula is C13H18Cl2N2O. The van der Waals surface area contributed by atoms with Gasteiger partial charge in [0.15, 0.2) is 0 Å². The topological polar surface area (TPSA) is 36.4 Å². The summed E-state index contributed by atoms with van der Waals surface area (Å²) in [6, 6.07) is 1.85. The molecule has 2 rings (SSSR count). The minimum atomic E-state index is 0.293. The maximum atomic E-state index is 9.12. The van der Waals surface area contributed by atoms with Crippen molar-refractivity contribution < 1.29 is 5.11 Å². The van der Waals surface area contributed by atoms with Crippen LogP contribution < -0.4 is 0 Å². The largest absolute Gasteiger partial charge is 0.396 e. The molecule has 0 aliphatic carbocycles. The summed E-state index contributed by atoms with van der Waals surface area (Å²) in [6.45, 7) is 4.87. The molecule has 0 atom stereocenters. The molecule has 5 heteroatoms. The van der Waals surface area contributed by atoms with Crippen molar-refractivity contribution in [3.63, 3.8) is 0 Å². The van der Waals surface area contributed by atoms with Gasteiger partial charge in [0.25, 0.3) is 0 Å². The molecule has 0 amide bonds. The van der Waals surface area contributed by atoms with Crippen LogP contribution in [0.25, 0.3) is 0 Å². The summed E-state index contributed by atoms with van der Waals surface area (Å²) in [5.41, 5.74) is 1.75. The Labute approximate surface area is 118 Å². The van der Waals surface area contributed by atoms with E-state index in [9.17, 15) is 0 Å². The lowest BCUT2D eigenvalue weighted by Crippen LogP contribution is -2.34. The van der Waals surface area contributed by atoms with Crippen molar-refractivity contribution in [1.82, 2.24) is 9.88 Å². The normalized spacial score (nSPS) is 18.2. The van der Waals surface area contributed by atoms with Gasteiger partial charge >= 0.3 is 0 Å². The molecule has 1 saturated heterocycles. The van der Waals surface area contributed by atoms with Crippen LogP contribution in [0.4, 0.5) is 0 Å². The molecule has 1 N–H and O–H groups in total. The van der Waals surface area contributed by atoms with Crippen molar-refractivity contribution in [2.45, 2.75) is 26.3 Å². The molecule has 100 valence electrons. The average Bonchev–Trinajstić information content (AvgIpc) is 2.34. The first-order valence-electron chi connectivity index (χ1n) is 6.25. The van der Waals surface area contributed by atoms with E-state index in [0.29, 0.717) is 22.7 Å². The third-order valence-electron chi connectivity index (χ3n) is 3.49. The molecule has 1 aromatic heterocycles. The first kappa shape index (κ1) is 14.1. The third kappa shape index (κ3) is 3.35. The highest BCUT2D eigenvalue weighted by atomic mass is 35.5. The monoisotopic (exact) mass is 288 g/mol. The van der Waals surface area contributed by atoms with Crippen LogP contribution in [0.1, 0.15) is 24.1 Å². The van der Waals surface area contributed by atoms with Crippen molar-refractivity contribution in [2.75, 3.05) is 19.7 Å². The molecule has 1 aromatic rings. The lowest BCUT2D eigenvalue weighted by molar-refractivity contribution is 0.127. The van der Waals surface area contributed by atoms with E-state index in [1.807, 2.05) is 13.0 Å². The maximum absolute atomic E-state index is 9.12. The van der Waals surface area contributed by atoms with E-state index in [1.54, 1.807) is 0 Å². The minimum absolute atomic E-state index is 0.293. The number of aryl methyl sites for hydroxylation is 1. The lowest BCUT2D eigenvalue weighted by Gasteiger charge is -2.31. The van der Waals surface area contributed by atoms with Crippen molar-refractivity contribution in [3.8, 4) is 0 Å². The molecule has 1 aliphatic rings. The van der Waals surface area contributed by atoms with E-state index < -0.39 is 0 Å². The van der Waals surface area contributed by atoms with E-state index >= 15 is 0 Å². The highest BCUT2D eigenvalue weighted by Crippen LogP contribution is 2.27. The summed E-state index contributed by atoms with van der Waals surface area (Å²) < 4.78 is 0. The number of hydrogen-bond donors (Lipinski definition) is 1. The fraction of sp³-hybridized carbons (Fsp3) is 0.615. The van der Waals surface area contributed by atoms with Crippen LogP contribution in [0.15, 0.2) is 6.07 Å². The third-order valence-corrected chi connectivity index (χ3v) is 4.14. The lowest BCUT2D eigenvalue weighted by atomic mass is 9.97. The zero-order valence-electron chi connectivity index (χ0n) is 10.5. The van der Waals surface area contributed by atoms with Gasteiger partial charge in [0.2, 0.25) is 0 Å². The second kappa shape index (κ2) is 6.20. The SMILES string of the molecule is Cc1cc(Cl)c(CN2CCC(CO)CC2)c(Cl)n1. The minimum Gasteiger partial charge on any atom is -0.396 e. The van der Waals surface area contributed by atoms with Gasteiger partial charge in [0.05, 0.1) is 0 Å². The first-order chi connectivity index (χ1) is 8.60. The summed E-state index contributed by atoms with van der Waals surface area (Å²) in [5, 5.41) is 10.3. The van der Waals surface area contributed by atoms with Gasteiger partial charge in [-0.1, -0.05) is 23.2 Å². The van der Waals surface area contributed by atoms with Crippen LogP contribution in [0.5, 0.6) is 0 Å². The Morgan fingerprint density at radius 1 is 1.39 bits per heavy atom. The quantitative estimate of drug-likeness (QED) is 0.869. The van der Waals surface area contributed by atoms with Crippen LogP contribution in [-0.2, 0) is 6.54 Å². The van der Waals surface area contributed by atoms with Crippen molar-refractivity contribution in [1.29, 1.82) is 0 Å². The number of halogens is 2. The molecule has 0 spiro atoms. The van der Waals surface area contributed by atoms with Gasteiger partial charge in [-0.05, 0) is 44.8 Å². The number of hydrogen-bond acceptors (Lipinski definition) is 3. The van der Waals surface area contributed by atoms with Crippen molar-refractivity contribution in [2.24, 2.45) is 5.92 Å². The second-order valence-corrected chi connectivity index (χ2v) is 5.68. The molecule has 0 aromatic carbocycles. The van der Waals surface area contributed by atoms with Crippen LogP contribution in [-0.4, -0.2) is 34.7 Å². The number of aliphatic hydroxyl groups excluding tert-OH is 1. The number of aliphatic hydroxyl groups is 1. The number of aromatic nitrogens is 1. The molecular weight excluding hydrogens is 271 g/mol. The summed E-state index contributed by atoms with van der Waals surface area (Å²) >= 11 is 12.4. The van der Waals surface area contributed by atoms with Crippen LogP contribution in [0.2, 0.25) is 10.2 Å². The average molecular weight is 289 g/mol. The van der Waals surface area contributed by atoms with Gasteiger partial charge in [0.1, 0.15) is 5.15 Å². The Balaban J connectivity index is 2.02. The highest BCUT2D eigenvalue weighted by molar-refractivity contribution is 6.35. The fourth-order valence-electron chi connectivity index (χ4n) is 2.32. The van der Waals surface area contributed by atoms with Gasteiger partial charge in [0, 0.05) is 29.4 Å². The first-order valence-corrected chi connectivity index (χ1v) is 7.00. The molecule has 1 aliphatic heterocycles. The number of rotatable bonds is 3. The summed E-state index contributed by atoms with van der Waals surface area (Å²) in [6.07, 6.45) is 2.07. The highest BCUT2D eigenvalue weighted by Gasteiger charge is 2.20. The zero-order chi connectivity index (χ0) is 13.1. The van der Waals surface area contributed by atoms with Crippen LogP contribution in [0.3, 0.4) is 0 Å². The van der Waals surface area contributed by atoms with E-state index in [4.69, 9.17) is 28.3 Å². The number of piperidine rings is 1. The zero-order valence-corrected chi connectivity index (χ0v) is 12.0. The van der Waals surface area contributed by atoms with Crippen molar-refractivity contribution in [3.05, 3.63) is 27.5 Å². The Kier molecular flexibility index (Phi) is 4.84. The molecule has 2 heterocycles. The number of pyridine rings is 1. The molecule has 0 saturated carbocycles. The van der Waals surface area contributed by atoms with Gasteiger partial charge in [-0.15, -0.1) is 0 Å². The Hall–Kier alpha value is -0.350. The van der Waals surface area contributed by atoms with E-state index in [-0.39, 0.29) is 0 Å². The van der Waals surface area contributed by atoms with Gasteiger partial charge in [-0.3, -0.25) is 4.90 Å². The molecule has 0 radical (unpaired) electrons. The van der Waals surface area contributed by atoms with Crippen LogP contribution in [0, 0.1) is 12.8 Å². The molecule has 0 unspecified atom stereocenters. The smallest absolute Gasteiger partial charge is 0.135 e. The molecule has 3 nitrogen and oxygen atoms in total. The van der Waals surface area contributed by atoms with Crippen LogP contribution >= 0.6 is 23.2 Å². The molecule has 18 heavy (non-hydrogen) atoms. The van der Waals surface area contributed by atoms with Gasteiger partial charge in [-0.25, -0.2) is 4.98 Å². The standard InChI is InChI=1S/C13H18Cl2N2O/c1-9-6-12(14)11(13(15)16-9)7-17-4-2-10(8-18)3-5-17/h6,10,18H,2-5,7-8H2,1H3. The van der Waals surface area contributed by atoms with E-state index in [0.717, 1.165) is 43.7 Å². The number of nitrogens with zero attached hydrogens (tertiary/aromatic N) is 2. The van der Waals surface area contributed by atoms with Crippen molar-refractivity contribution >= 4 is 23.2 Å². The predicted octanol–water partition coefficient (Wildman–Crippen LogP) is 2.90. The van der Waals surface area contributed by atoms with Gasteiger partial charge < -0.3 is 5.11 Å². The Bertz CT molecular complexity index is 394. The Morgan fingerprint density at radius 2 is 2.06 bits per heavy atom. The summed E-state index contributed by atoms with van der Waals surface area (Å²) in [7, 11) is 0. The summed E-state index contributed by atoms with van der Waals surface area (Å²) in [5.74, 6) is 0.448. The summed E-state index contributed by atoms with van der Waals surface area (Å²) in [4.78, 5) is 6.56. The number of likely N-dealkylation sites (tertiary alicyclic amines) is 1. The predicted molar refractivity (Wildman–Crippen MR) is 74.1 cm³/mol. The van der Waals surface area contributed by atoms with E-state index in [1.165, 1.54) is 0 Å². The molecule has 0 bridgehead atoms. The van der Waals surface area contributed by atoms with E-state index in [2.05, 4.69) is 9.88 Å². The molecule has 1 fully saturated rings. The Morgan fingerprint density at radius 3 is 2.61 bits per heavy atom. The second-order valence-electron chi connectivity index (χ2n) is 4.92. The maximum Gasteiger partial charge on any atom is 0.135 e. The van der Waals surface area contributed by atoms with Gasteiger partial charge in [-0.2, -0.15) is 0 Å².